The lowest BCUT2D eigenvalue weighted by atomic mass is 9.92. The van der Waals surface area contributed by atoms with E-state index in [1.807, 2.05) is 0 Å². The van der Waals surface area contributed by atoms with Gasteiger partial charge in [0, 0.05) is 30.4 Å². The first-order valence-corrected chi connectivity index (χ1v) is 7.51. The second-order valence-corrected chi connectivity index (χ2v) is 5.50. The molecule has 1 aliphatic carbocycles. The van der Waals surface area contributed by atoms with E-state index in [-0.39, 0.29) is 17.7 Å². The number of nitrogens with one attached hydrogen (secondary N) is 1. The van der Waals surface area contributed by atoms with Crippen molar-refractivity contribution in [1.82, 2.24) is 5.32 Å². The Morgan fingerprint density at radius 3 is 2.71 bits per heavy atom. The van der Waals surface area contributed by atoms with E-state index >= 15 is 0 Å². The average molecular weight is 285 g/mol. The van der Waals surface area contributed by atoms with Crippen LogP contribution in [0, 0.1) is 0 Å². The molecule has 1 aliphatic heterocycles. The van der Waals surface area contributed by atoms with Crippen molar-refractivity contribution in [3.05, 3.63) is 47.2 Å². The first-order chi connectivity index (χ1) is 10.3. The monoisotopic (exact) mass is 285 g/mol. The smallest absolute Gasteiger partial charge is 0.209 e. The molecule has 0 bridgehead atoms. The molecular formula is C17H19NO3. The van der Waals surface area contributed by atoms with Crippen molar-refractivity contribution < 1.29 is 14.3 Å². The van der Waals surface area contributed by atoms with E-state index in [0.29, 0.717) is 23.4 Å². The molecule has 2 aliphatic rings. The van der Waals surface area contributed by atoms with Gasteiger partial charge in [0.2, 0.25) is 5.78 Å². The summed E-state index contributed by atoms with van der Waals surface area (Å²) < 4.78 is 5.66. The summed E-state index contributed by atoms with van der Waals surface area (Å²) in [5.74, 6) is -0.212. The molecule has 0 aromatic heterocycles. The molecule has 1 heterocycles. The molecule has 0 radical (unpaired) electrons. The number of ether oxygens (including phenoxy) is 1. The van der Waals surface area contributed by atoms with Crippen molar-refractivity contribution in [2.45, 2.75) is 31.8 Å². The van der Waals surface area contributed by atoms with Crippen LogP contribution in [0.3, 0.4) is 0 Å². The Morgan fingerprint density at radius 2 is 1.95 bits per heavy atom. The summed E-state index contributed by atoms with van der Waals surface area (Å²) in [6, 6.07) is 6.95. The minimum atomic E-state index is -0.110. The topological polar surface area (TPSA) is 55.4 Å². The number of ketones is 2. The van der Waals surface area contributed by atoms with E-state index in [1.54, 1.807) is 24.3 Å². The molecular weight excluding hydrogens is 266 g/mol. The number of hydrogen-bond donors (Lipinski definition) is 1. The molecule has 1 aromatic rings. The molecule has 1 unspecified atom stereocenters. The van der Waals surface area contributed by atoms with Crippen LogP contribution in [0.1, 0.15) is 46.4 Å². The van der Waals surface area contributed by atoms with Crippen molar-refractivity contribution in [3.8, 4) is 0 Å². The van der Waals surface area contributed by atoms with Gasteiger partial charge in [-0.2, -0.15) is 0 Å². The summed E-state index contributed by atoms with van der Waals surface area (Å²) >= 11 is 0. The Kier molecular flexibility index (Phi) is 4.15. The van der Waals surface area contributed by atoms with E-state index in [9.17, 15) is 9.59 Å². The van der Waals surface area contributed by atoms with Crippen LogP contribution in [0.25, 0.3) is 0 Å². The molecule has 4 heteroatoms. The van der Waals surface area contributed by atoms with E-state index in [4.69, 9.17) is 4.74 Å². The van der Waals surface area contributed by atoms with Gasteiger partial charge in [-0.3, -0.25) is 9.59 Å². The fraction of sp³-hybridized carbons (Fsp3) is 0.412. The summed E-state index contributed by atoms with van der Waals surface area (Å²) in [5.41, 5.74) is 1.37. The lowest BCUT2D eigenvalue weighted by molar-refractivity contribution is 0.0119. The van der Waals surface area contributed by atoms with Crippen LogP contribution in [0.4, 0.5) is 0 Å². The molecule has 1 atom stereocenters. The first-order valence-electron chi connectivity index (χ1n) is 7.51. The number of allylic oxidation sites excluding steroid dienone is 2. The van der Waals surface area contributed by atoms with Gasteiger partial charge < -0.3 is 10.1 Å². The third-order valence-electron chi connectivity index (χ3n) is 4.01. The van der Waals surface area contributed by atoms with Gasteiger partial charge in [0.05, 0.1) is 11.8 Å². The third-order valence-corrected chi connectivity index (χ3v) is 4.01. The van der Waals surface area contributed by atoms with Crippen LogP contribution in [0.5, 0.6) is 0 Å². The van der Waals surface area contributed by atoms with Gasteiger partial charge in [0.25, 0.3) is 0 Å². The molecule has 110 valence electrons. The van der Waals surface area contributed by atoms with Crippen LogP contribution in [0.2, 0.25) is 0 Å². The van der Waals surface area contributed by atoms with Gasteiger partial charge in [-0.25, -0.2) is 0 Å². The van der Waals surface area contributed by atoms with Gasteiger partial charge >= 0.3 is 0 Å². The SMILES string of the molecule is O=C1C=C(NCCC2CCCCO2)C(=O)c2ccccc21. The summed E-state index contributed by atoms with van der Waals surface area (Å²) in [4.78, 5) is 24.3. The minimum absolute atomic E-state index is 0.102. The van der Waals surface area contributed by atoms with Gasteiger partial charge in [-0.15, -0.1) is 0 Å². The normalized spacial score (nSPS) is 21.7. The largest absolute Gasteiger partial charge is 0.382 e. The molecule has 3 rings (SSSR count). The highest BCUT2D eigenvalue weighted by atomic mass is 16.5. The quantitative estimate of drug-likeness (QED) is 0.923. The Labute approximate surface area is 124 Å². The lowest BCUT2D eigenvalue weighted by Crippen LogP contribution is -2.30. The Balaban J connectivity index is 1.61. The van der Waals surface area contributed by atoms with Crippen LogP contribution in [-0.4, -0.2) is 30.8 Å². The fourth-order valence-corrected chi connectivity index (χ4v) is 2.85. The number of Topliss-reactive ketones (excluding diaryl/α,β-unsaturated/α-hetero) is 1. The Morgan fingerprint density at radius 1 is 1.14 bits per heavy atom. The molecule has 0 spiro atoms. The number of carbonyl (C=O) groups is 2. The highest BCUT2D eigenvalue weighted by Crippen LogP contribution is 2.20. The molecule has 0 amide bonds. The van der Waals surface area contributed by atoms with Gasteiger partial charge in [-0.1, -0.05) is 24.3 Å². The molecule has 4 nitrogen and oxygen atoms in total. The fourth-order valence-electron chi connectivity index (χ4n) is 2.85. The maximum Gasteiger partial charge on any atom is 0.209 e. The minimum Gasteiger partial charge on any atom is -0.382 e. The van der Waals surface area contributed by atoms with Gasteiger partial charge in [-0.05, 0) is 25.7 Å². The van der Waals surface area contributed by atoms with Crippen molar-refractivity contribution in [2.75, 3.05) is 13.2 Å². The van der Waals surface area contributed by atoms with Crippen molar-refractivity contribution in [1.29, 1.82) is 0 Å². The van der Waals surface area contributed by atoms with Crippen molar-refractivity contribution >= 4 is 11.6 Å². The highest BCUT2D eigenvalue weighted by molar-refractivity contribution is 6.24. The number of rotatable bonds is 4. The highest BCUT2D eigenvalue weighted by Gasteiger charge is 2.25. The van der Waals surface area contributed by atoms with Crippen LogP contribution in [-0.2, 0) is 4.74 Å². The number of benzene rings is 1. The predicted molar refractivity (Wildman–Crippen MR) is 79.4 cm³/mol. The molecule has 0 saturated carbocycles. The number of hydrogen-bond acceptors (Lipinski definition) is 4. The van der Waals surface area contributed by atoms with Crippen LogP contribution in [0.15, 0.2) is 36.0 Å². The Hall–Kier alpha value is -1.94. The van der Waals surface area contributed by atoms with E-state index in [2.05, 4.69) is 5.32 Å². The molecule has 1 saturated heterocycles. The summed E-state index contributed by atoms with van der Waals surface area (Å²) in [5, 5.41) is 3.10. The molecule has 1 N–H and O–H groups in total. The second-order valence-electron chi connectivity index (χ2n) is 5.50. The third kappa shape index (κ3) is 3.05. The van der Waals surface area contributed by atoms with E-state index in [1.165, 1.54) is 12.5 Å². The van der Waals surface area contributed by atoms with Crippen LogP contribution < -0.4 is 5.32 Å². The predicted octanol–water partition coefficient (Wildman–Crippen LogP) is 2.50. The average Bonchev–Trinajstić information content (AvgIpc) is 2.53. The molecule has 21 heavy (non-hydrogen) atoms. The summed E-state index contributed by atoms with van der Waals surface area (Å²) in [7, 11) is 0. The lowest BCUT2D eigenvalue weighted by Gasteiger charge is -2.23. The van der Waals surface area contributed by atoms with E-state index in [0.717, 1.165) is 25.9 Å². The first kappa shape index (κ1) is 14.0. The number of carbonyl (C=O) groups excluding carboxylic acids is 2. The van der Waals surface area contributed by atoms with Crippen LogP contribution >= 0.6 is 0 Å². The summed E-state index contributed by atoms with van der Waals surface area (Å²) in [6.07, 6.45) is 5.97. The van der Waals surface area contributed by atoms with E-state index < -0.39 is 0 Å². The molecule has 1 fully saturated rings. The van der Waals surface area contributed by atoms with Crippen molar-refractivity contribution in [3.63, 3.8) is 0 Å². The Bertz CT molecular complexity index is 585. The van der Waals surface area contributed by atoms with Crippen molar-refractivity contribution in [2.24, 2.45) is 0 Å². The van der Waals surface area contributed by atoms with Gasteiger partial charge in [0.15, 0.2) is 5.78 Å². The maximum absolute atomic E-state index is 12.3. The maximum atomic E-state index is 12.3. The van der Waals surface area contributed by atoms with Gasteiger partial charge in [0.1, 0.15) is 0 Å². The zero-order chi connectivity index (χ0) is 14.7. The zero-order valence-corrected chi connectivity index (χ0v) is 11.9. The number of fused-ring (bicyclic) bond motifs is 1. The second kappa shape index (κ2) is 6.22. The zero-order valence-electron chi connectivity index (χ0n) is 11.9. The standard InChI is InChI=1S/C17H19NO3/c19-16-11-15(17(20)14-7-2-1-6-13(14)16)18-9-8-12-5-3-4-10-21-12/h1-2,6-7,11-12,18H,3-5,8-10H2. The summed E-state index contributed by atoms with van der Waals surface area (Å²) in [6.45, 7) is 1.48. The molecule has 1 aromatic carbocycles.